The van der Waals surface area contributed by atoms with Crippen molar-refractivity contribution < 1.29 is 4.79 Å². The van der Waals surface area contributed by atoms with Gasteiger partial charge in [0.1, 0.15) is 0 Å². The molecule has 1 amide bonds. The molecule has 112 valence electrons. The first-order valence-electron chi connectivity index (χ1n) is 7.07. The highest BCUT2D eigenvalue weighted by molar-refractivity contribution is 5.83. The van der Waals surface area contributed by atoms with Crippen LogP contribution in [-0.2, 0) is 11.3 Å². The SMILES string of the molecule is CC(C)N(Cc1ccccn1)C(=O)C(C)(C)C(C)(C)N. The van der Waals surface area contributed by atoms with Gasteiger partial charge in [-0.2, -0.15) is 0 Å². The number of aromatic nitrogens is 1. The summed E-state index contributed by atoms with van der Waals surface area (Å²) in [7, 11) is 0. The molecule has 2 N–H and O–H groups in total. The van der Waals surface area contributed by atoms with E-state index in [1.807, 2.05) is 64.6 Å². The van der Waals surface area contributed by atoms with Crippen LogP contribution in [0.4, 0.5) is 0 Å². The summed E-state index contributed by atoms with van der Waals surface area (Å²) in [6.45, 7) is 12.1. The summed E-state index contributed by atoms with van der Waals surface area (Å²) in [4.78, 5) is 19.0. The van der Waals surface area contributed by atoms with E-state index in [2.05, 4.69) is 4.98 Å². The van der Waals surface area contributed by atoms with Crippen molar-refractivity contribution in [1.29, 1.82) is 0 Å². The molecule has 1 aromatic heterocycles. The average Bonchev–Trinajstić information content (AvgIpc) is 2.34. The van der Waals surface area contributed by atoms with Gasteiger partial charge in [0.05, 0.1) is 17.7 Å². The highest BCUT2D eigenvalue weighted by atomic mass is 16.2. The minimum absolute atomic E-state index is 0.0608. The number of hydrogen-bond acceptors (Lipinski definition) is 3. The van der Waals surface area contributed by atoms with Crippen molar-refractivity contribution in [1.82, 2.24) is 9.88 Å². The minimum Gasteiger partial charge on any atom is -0.334 e. The van der Waals surface area contributed by atoms with Crippen LogP contribution >= 0.6 is 0 Å². The van der Waals surface area contributed by atoms with E-state index in [9.17, 15) is 4.79 Å². The molecule has 4 nitrogen and oxygen atoms in total. The van der Waals surface area contributed by atoms with Crippen LogP contribution in [0, 0.1) is 5.41 Å². The Morgan fingerprint density at radius 2 is 1.90 bits per heavy atom. The van der Waals surface area contributed by atoms with Crippen molar-refractivity contribution in [2.75, 3.05) is 0 Å². The summed E-state index contributed by atoms with van der Waals surface area (Å²) in [5.74, 6) is 0.0608. The fourth-order valence-electron chi connectivity index (χ4n) is 1.79. The van der Waals surface area contributed by atoms with Gasteiger partial charge in [0, 0.05) is 17.8 Å². The molecule has 0 radical (unpaired) electrons. The Hall–Kier alpha value is -1.42. The molecule has 1 rings (SSSR count). The van der Waals surface area contributed by atoms with E-state index < -0.39 is 11.0 Å². The van der Waals surface area contributed by atoms with Crippen LogP contribution < -0.4 is 5.73 Å². The van der Waals surface area contributed by atoms with Crippen molar-refractivity contribution in [2.45, 2.75) is 59.7 Å². The highest BCUT2D eigenvalue weighted by Gasteiger charge is 2.43. The zero-order valence-electron chi connectivity index (χ0n) is 13.5. The minimum atomic E-state index is -0.633. The fourth-order valence-corrected chi connectivity index (χ4v) is 1.79. The molecule has 0 aliphatic rings. The topological polar surface area (TPSA) is 59.2 Å². The van der Waals surface area contributed by atoms with Crippen LogP contribution in [0.5, 0.6) is 0 Å². The third kappa shape index (κ3) is 3.57. The van der Waals surface area contributed by atoms with Crippen LogP contribution in [0.1, 0.15) is 47.2 Å². The van der Waals surface area contributed by atoms with Gasteiger partial charge in [0.25, 0.3) is 0 Å². The number of carbonyl (C=O) groups is 1. The molecule has 4 heteroatoms. The second-order valence-electron chi connectivity index (χ2n) is 6.69. The molecule has 20 heavy (non-hydrogen) atoms. The molecular weight excluding hydrogens is 250 g/mol. The Labute approximate surface area is 122 Å². The number of amides is 1. The van der Waals surface area contributed by atoms with Gasteiger partial charge in [-0.05, 0) is 53.7 Å². The Morgan fingerprint density at radius 3 is 2.30 bits per heavy atom. The summed E-state index contributed by atoms with van der Waals surface area (Å²) in [6, 6.07) is 5.84. The number of carbonyl (C=O) groups excluding carboxylic acids is 1. The molecule has 0 fully saturated rings. The summed E-state index contributed by atoms with van der Waals surface area (Å²) < 4.78 is 0. The Bertz CT molecular complexity index is 447. The lowest BCUT2D eigenvalue weighted by atomic mass is 9.74. The number of hydrogen-bond donors (Lipinski definition) is 1. The quantitative estimate of drug-likeness (QED) is 0.900. The van der Waals surface area contributed by atoms with Gasteiger partial charge in [0.2, 0.25) is 5.91 Å². The van der Waals surface area contributed by atoms with Gasteiger partial charge in [-0.25, -0.2) is 0 Å². The molecular formula is C16H27N3O. The normalized spacial score (nSPS) is 12.6. The van der Waals surface area contributed by atoms with E-state index in [0.717, 1.165) is 5.69 Å². The van der Waals surface area contributed by atoms with Crippen LogP contribution in [0.3, 0.4) is 0 Å². The standard InChI is InChI=1S/C16H27N3O/c1-12(2)19(11-13-9-7-8-10-18-13)14(20)15(3,4)16(5,6)17/h7-10,12H,11,17H2,1-6H3. The molecule has 0 aromatic carbocycles. The second-order valence-corrected chi connectivity index (χ2v) is 6.69. The maximum Gasteiger partial charge on any atom is 0.230 e. The van der Waals surface area contributed by atoms with Gasteiger partial charge < -0.3 is 10.6 Å². The largest absolute Gasteiger partial charge is 0.334 e. The van der Waals surface area contributed by atoms with Crippen LogP contribution in [0.2, 0.25) is 0 Å². The number of rotatable bonds is 5. The summed E-state index contributed by atoms with van der Waals surface area (Å²) in [6.07, 6.45) is 1.75. The number of nitrogens with two attached hydrogens (primary N) is 1. The van der Waals surface area contributed by atoms with E-state index in [1.54, 1.807) is 6.20 Å². The van der Waals surface area contributed by atoms with Crippen molar-refractivity contribution >= 4 is 5.91 Å². The third-order valence-electron chi connectivity index (χ3n) is 4.09. The highest BCUT2D eigenvalue weighted by Crippen LogP contribution is 2.31. The van der Waals surface area contributed by atoms with E-state index in [-0.39, 0.29) is 11.9 Å². The molecule has 1 aromatic rings. The first-order valence-corrected chi connectivity index (χ1v) is 7.07. The maximum atomic E-state index is 12.9. The second kappa shape index (κ2) is 5.92. The summed E-state index contributed by atoms with van der Waals surface area (Å²) in [5.41, 5.74) is 5.86. The Morgan fingerprint density at radius 1 is 1.30 bits per heavy atom. The van der Waals surface area contributed by atoms with Crippen molar-refractivity contribution in [3.8, 4) is 0 Å². The smallest absolute Gasteiger partial charge is 0.230 e. The lowest BCUT2D eigenvalue weighted by molar-refractivity contribution is -0.146. The maximum absolute atomic E-state index is 12.9. The van der Waals surface area contributed by atoms with E-state index in [4.69, 9.17) is 5.73 Å². The van der Waals surface area contributed by atoms with Crippen molar-refractivity contribution in [3.63, 3.8) is 0 Å². The first-order chi connectivity index (χ1) is 9.07. The third-order valence-corrected chi connectivity index (χ3v) is 4.09. The lowest BCUT2D eigenvalue weighted by Crippen LogP contribution is -2.57. The van der Waals surface area contributed by atoms with Gasteiger partial charge >= 0.3 is 0 Å². The number of pyridine rings is 1. The van der Waals surface area contributed by atoms with E-state index in [0.29, 0.717) is 6.54 Å². The van der Waals surface area contributed by atoms with Gasteiger partial charge in [0.15, 0.2) is 0 Å². The van der Waals surface area contributed by atoms with Gasteiger partial charge in [-0.15, -0.1) is 0 Å². The Kier molecular flexibility index (Phi) is 4.92. The molecule has 0 bridgehead atoms. The molecule has 0 spiro atoms. The average molecular weight is 277 g/mol. The molecule has 0 aliphatic carbocycles. The lowest BCUT2D eigenvalue weighted by Gasteiger charge is -2.42. The predicted molar refractivity (Wildman–Crippen MR) is 82.0 cm³/mol. The van der Waals surface area contributed by atoms with Crippen LogP contribution in [0.15, 0.2) is 24.4 Å². The molecule has 0 saturated carbocycles. The molecule has 0 aliphatic heterocycles. The van der Waals surface area contributed by atoms with Crippen LogP contribution in [0.25, 0.3) is 0 Å². The zero-order valence-corrected chi connectivity index (χ0v) is 13.5. The molecule has 0 saturated heterocycles. The van der Waals surface area contributed by atoms with Crippen molar-refractivity contribution in [2.24, 2.45) is 11.1 Å². The van der Waals surface area contributed by atoms with Crippen molar-refractivity contribution in [3.05, 3.63) is 30.1 Å². The summed E-state index contributed by atoms with van der Waals surface area (Å²) >= 11 is 0. The zero-order chi connectivity index (χ0) is 15.6. The van der Waals surface area contributed by atoms with Gasteiger partial charge in [-0.3, -0.25) is 9.78 Å². The summed E-state index contributed by atoms with van der Waals surface area (Å²) in [5, 5.41) is 0. The predicted octanol–water partition coefficient (Wildman–Crippen LogP) is 2.58. The Balaban J connectivity index is 3.01. The fraction of sp³-hybridized carbons (Fsp3) is 0.625. The first kappa shape index (κ1) is 16.6. The van der Waals surface area contributed by atoms with Gasteiger partial charge in [-0.1, -0.05) is 6.07 Å². The molecule has 1 heterocycles. The molecule has 0 atom stereocenters. The van der Waals surface area contributed by atoms with E-state index >= 15 is 0 Å². The van der Waals surface area contributed by atoms with E-state index in [1.165, 1.54) is 0 Å². The monoisotopic (exact) mass is 277 g/mol. The number of nitrogens with zero attached hydrogens (tertiary/aromatic N) is 2. The molecule has 0 unspecified atom stereocenters. The van der Waals surface area contributed by atoms with Crippen LogP contribution in [-0.4, -0.2) is 27.4 Å².